The number of nitrogens with one attached hydrogen (secondary N) is 1. The van der Waals surface area contributed by atoms with Crippen molar-refractivity contribution in [2.45, 2.75) is 44.1 Å². The molecule has 0 unspecified atom stereocenters. The van der Waals surface area contributed by atoms with Crippen molar-refractivity contribution in [3.63, 3.8) is 0 Å². The van der Waals surface area contributed by atoms with Crippen LogP contribution in [0.5, 0.6) is 5.88 Å². The third-order valence-corrected chi connectivity index (χ3v) is 4.77. The van der Waals surface area contributed by atoms with Crippen LogP contribution in [0.3, 0.4) is 0 Å². The molecule has 1 saturated carbocycles. The van der Waals surface area contributed by atoms with E-state index in [0.717, 1.165) is 12.8 Å². The van der Waals surface area contributed by atoms with Gasteiger partial charge in [-0.1, -0.05) is 25.7 Å². The summed E-state index contributed by atoms with van der Waals surface area (Å²) in [5.41, 5.74) is 0.648. The van der Waals surface area contributed by atoms with Crippen LogP contribution < -0.4 is 10.1 Å². The zero-order valence-electron chi connectivity index (χ0n) is 13.9. The number of pyridine rings is 1. The summed E-state index contributed by atoms with van der Waals surface area (Å²) in [4.78, 5) is 18.7. The highest BCUT2D eigenvalue weighted by atomic mass is 16.5. The number of ether oxygens (including phenoxy) is 1. The van der Waals surface area contributed by atoms with Gasteiger partial charge in [-0.05, 0) is 33.0 Å². The summed E-state index contributed by atoms with van der Waals surface area (Å²) in [7, 11) is 5.80. The third-order valence-electron chi connectivity index (χ3n) is 4.77. The molecule has 1 aliphatic carbocycles. The van der Waals surface area contributed by atoms with Gasteiger partial charge in [-0.25, -0.2) is 4.98 Å². The normalized spacial score (nSPS) is 17.8. The highest BCUT2D eigenvalue weighted by Crippen LogP contribution is 2.30. The fraction of sp³-hybridized carbons (Fsp3) is 0.647. The molecule has 0 atom stereocenters. The lowest BCUT2D eigenvalue weighted by Crippen LogP contribution is -2.52. The van der Waals surface area contributed by atoms with Crippen LogP contribution in [0.25, 0.3) is 0 Å². The molecule has 0 radical (unpaired) electrons. The molecule has 0 aliphatic heterocycles. The van der Waals surface area contributed by atoms with Crippen molar-refractivity contribution >= 4 is 5.91 Å². The largest absolute Gasteiger partial charge is 0.481 e. The summed E-state index contributed by atoms with van der Waals surface area (Å²) in [5, 5.41) is 3.09. The van der Waals surface area contributed by atoms with E-state index in [4.69, 9.17) is 4.74 Å². The maximum atomic E-state index is 12.3. The van der Waals surface area contributed by atoms with E-state index in [2.05, 4.69) is 29.3 Å². The topological polar surface area (TPSA) is 54.5 Å². The summed E-state index contributed by atoms with van der Waals surface area (Å²) >= 11 is 0. The maximum Gasteiger partial charge on any atom is 0.252 e. The van der Waals surface area contributed by atoms with E-state index < -0.39 is 0 Å². The quantitative estimate of drug-likeness (QED) is 0.849. The Kier molecular flexibility index (Phi) is 5.77. The Morgan fingerprint density at radius 2 is 1.95 bits per heavy atom. The number of amides is 1. The van der Waals surface area contributed by atoms with Gasteiger partial charge in [0.1, 0.15) is 0 Å². The average Bonchev–Trinajstić information content (AvgIpc) is 2.79. The summed E-state index contributed by atoms with van der Waals surface area (Å²) in [6, 6.07) is 3.46. The molecule has 1 amide bonds. The Bertz CT molecular complexity index is 477. The van der Waals surface area contributed by atoms with Gasteiger partial charge >= 0.3 is 0 Å². The molecule has 0 bridgehead atoms. The van der Waals surface area contributed by atoms with Crippen LogP contribution in [0.2, 0.25) is 0 Å². The fourth-order valence-electron chi connectivity index (χ4n) is 3.15. The summed E-state index contributed by atoms with van der Waals surface area (Å²) in [5.74, 6) is 0.450. The van der Waals surface area contributed by atoms with Crippen LogP contribution in [0.4, 0.5) is 0 Å². The number of carbonyl (C=O) groups is 1. The molecule has 5 nitrogen and oxygen atoms in total. The van der Waals surface area contributed by atoms with Crippen molar-refractivity contribution in [2.75, 3.05) is 27.7 Å². The number of carbonyl (C=O) groups excluding carboxylic acids is 1. The number of rotatable bonds is 5. The second kappa shape index (κ2) is 7.58. The molecule has 0 saturated heterocycles. The summed E-state index contributed by atoms with van der Waals surface area (Å²) in [6.07, 6.45) is 8.90. The molecule has 122 valence electrons. The predicted octanol–water partition coefficient (Wildman–Crippen LogP) is 2.47. The maximum absolute atomic E-state index is 12.3. The highest BCUT2D eigenvalue weighted by molar-refractivity contribution is 5.93. The van der Waals surface area contributed by atoms with Crippen LogP contribution in [0.1, 0.15) is 48.9 Å². The van der Waals surface area contributed by atoms with E-state index in [1.54, 1.807) is 25.4 Å². The van der Waals surface area contributed by atoms with E-state index in [1.807, 2.05) is 0 Å². The molecule has 1 aromatic heterocycles. The molecule has 5 heteroatoms. The van der Waals surface area contributed by atoms with Gasteiger partial charge < -0.3 is 15.0 Å². The SMILES string of the molecule is COc1ccc(C(=O)NCC2(N(C)C)CCCCCC2)cn1. The van der Waals surface area contributed by atoms with E-state index in [9.17, 15) is 4.79 Å². The molecule has 0 spiro atoms. The number of likely N-dealkylation sites (N-methyl/N-ethyl adjacent to an activating group) is 1. The van der Waals surface area contributed by atoms with E-state index >= 15 is 0 Å². The minimum Gasteiger partial charge on any atom is -0.481 e. The number of hydrogen-bond acceptors (Lipinski definition) is 4. The first-order valence-electron chi connectivity index (χ1n) is 8.03. The van der Waals surface area contributed by atoms with E-state index in [1.165, 1.54) is 25.7 Å². The van der Waals surface area contributed by atoms with Gasteiger partial charge in [0, 0.05) is 24.3 Å². The molecule has 22 heavy (non-hydrogen) atoms. The lowest BCUT2D eigenvalue weighted by atomic mass is 9.88. The number of nitrogens with zero attached hydrogens (tertiary/aromatic N) is 2. The first kappa shape index (κ1) is 16.7. The molecule has 1 heterocycles. The predicted molar refractivity (Wildman–Crippen MR) is 87.2 cm³/mol. The van der Waals surface area contributed by atoms with Gasteiger partial charge in [-0.3, -0.25) is 4.79 Å². The first-order valence-corrected chi connectivity index (χ1v) is 8.03. The van der Waals surface area contributed by atoms with Crippen molar-refractivity contribution in [3.05, 3.63) is 23.9 Å². The monoisotopic (exact) mass is 305 g/mol. The second-order valence-electron chi connectivity index (χ2n) is 6.30. The number of hydrogen-bond donors (Lipinski definition) is 1. The van der Waals surface area contributed by atoms with E-state index in [-0.39, 0.29) is 11.4 Å². The van der Waals surface area contributed by atoms with Crippen LogP contribution in [-0.4, -0.2) is 49.1 Å². The van der Waals surface area contributed by atoms with Crippen LogP contribution in [0.15, 0.2) is 18.3 Å². The molecular weight excluding hydrogens is 278 g/mol. The van der Waals surface area contributed by atoms with E-state index in [0.29, 0.717) is 18.0 Å². The molecule has 1 N–H and O–H groups in total. The standard InChI is InChI=1S/C17H27N3O2/c1-20(2)17(10-6-4-5-7-11-17)13-19-16(21)14-8-9-15(22-3)18-12-14/h8-9,12H,4-7,10-11,13H2,1-3H3,(H,19,21). The molecular formula is C17H27N3O2. The lowest BCUT2D eigenvalue weighted by molar-refractivity contribution is 0.0868. The molecule has 2 rings (SSSR count). The zero-order chi connectivity index (χ0) is 16.0. The average molecular weight is 305 g/mol. The number of aromatic nitrogens is 1. The molecule has 1 fully saturated rings. The van der Waals surface area contributed by atoms with Crippen molar-refractivity contribution in [2.24, 2.45) is 0 Å². The Labute approximate surface area is 133 Å². The Morgan fingerprint density at radius 3 is 2.45 bits per heavy atom. The lowest BCUT2D eigenvalue weighted by Gasteiger charge is -2.39. The van der Waals surface area contributed by atoms with Crippen molar-refractivity contribution in [1.82, 2.24) is 15.2 Å². The first-order chi connectivity index (χ1) is 10.6. The summed E-state index contributed by atoms with van der Waals surface area (Å²) < 4.78 is 5.02. The van der Waals surface area contributed by atoms with Gasteiger partial charge in [0.25, 0.3) is 5.91 Å². The van der Waals surface area contributed by atoms with Gasteiger partial charge in [0.05, 0.1) is 12.7 Å². The van der Waals surface area contributed by atoms with Crippen molar-refractivity contribution in [1.29, 1.82) is 0 Å². The van der Waals surface area contributed by atoms with Gasteiger partial charge in [-0.2, -0.15) is 0 Å². The Morgan fingerprint density at radius 1 is 1.27 bits per heavy atom. The van der Waals surface area contributed by atoms with Gasteiger partial charge in [0.15, 0.2) is 0 Å². The van der Waals surface area contributed by atoms with Crippen LogP contribution in [0, 0.1) is 0 Å². The van der Waals surface area contributed by atoms with Crippen molar-refractivity contribution in [3.8, 4) is 5.88 Å². The molecule has 0 aromatic carbocycles. The fourth-order valence-corrected chi connectivity index (χ4v) is 3.15. The zero-order valence-corrected chi connectivity index (χ0v) is 13.9. The number of methoxy groups -OCH3 is 1. The van der Waals surface area contributed by atoms with Crippen LogP contribution >= 0.6 is 0 Å². The minimum absolute atomic E-state index is 0.0689. The highest BCUT2D eigenvalue weighted by Gasteiger charge is 2.33. The van der Waals surface area contributed by atoms with Gasteiger partial charge in [0.2, 0.25) is 5.88 Å². The second-order valence-corrected chi connectivity index (χ2v) is 6.30. The Hall–Kier alpha value is -1.62. The van der Waals surface area contributed by atoms with Crippen LogP contribution in [-0.2, 0) is 0 Å². The summed E-state index contributed by atoms with van der Waals surface area (Å²) in [6.45, 7) is 0.685. The third kappa shape index (κ3) is 3.97. The smallest absolute Gasteiger partial charge is 0.252 e. The van der Waals surface area contributed by atoms with Crippen molar-refractivity contribution < 1.29 is 9.53 Å². The van der Waals surface area contributed by atoms with Gasteiger partial charge in [-0.15, -0.1) is 0 Å². The Balaban J connectivity index is 2.00. The molecule has 1 aromatic rings. The minimum atomic E-state index is -0.0689. The molecule has 1 aliphatic rings.